The second-order valence-electron chi connectivity index (χ2n) is 6.00. The van der Waals surface area contributed by atoms with Crippen LogP contribution in [0.15, 0.2) is 36.4 Å². The van der Waals surface area contributed by atoms with Crippen LogP contribution in [-0.2, 0) is 20.9 Å². The van der Waals surface area contributed by atoms with E-state index in [1.807, 2.05) is 31.2 Å². The van der Waals surface area contributed by atoms with Gasteiger partial charge >= 0.3 is 5.97 Å². The number of methoxy groups -OCH3 is 1. The van der Waals surface area contributed by atoms with E-state index >= 15 is 0 Å². The summed E-state index contributed by atoms with van der Waals surface area (Å²) in [5, 5.41) is 2.71. The van der Waals surface area contributed by atoms with Crippen molar-refractivity contribution in [3.63, 3.8) is 0 Å². The Labute approximate surface area is 162 Å². The highest BCUT2D eigenvalue weighted by Gasteiger charge is 2.19. The maximum absolute atomic E-state index is 12.1. The zero-order valence-corrected chi connectivity index (χ0v) is 16.4. The van der Waals surface area contributed by atoms with E-state index in [0.717, 1.165) is 10.4 Å². The van der Waals surface area contributed by atoms with Crippen molar-refractivity contribution in [1.29, 1.82) is 0 Å². The summed E-state index contributed by atoms with van der Waals surface area (Å²) in [7, 11) is 1.56. The third-order valence-corrected chi connectivity index (χ3v) is 4.94. The molecule has 1 N–H and O–H groups in total. The molecule has 0 aliphatic heterocycles. The van der Waals surface area contributed by atoms with E-state index in [-0.39, 0.29) is 25.2 Å². The molecule has 2 rings (SSSR count). The Bertz CT molecular complexity index is 814. The first kappa shape index (κ1) is 20.6. The molecule has 0 fully saturated rings. The number of rotatable bonds is 9. The Hall–Kier alpha value is -2.67. The summed E-state index contributed by atoms with van der Waals surface area (Å²) in [6.07, 6.45) is -0.930. The smallest absolute Gasteiger partial charge is 0.307 e. The molecular formula is C20H23NO5S. The van der Waals surface area contributed by atoms with Crippen molar-refractivity contribution in [1.82, 2.24) is 5.32 Å². The minimum atomic E-state index is -0.939. The molecule has 0 spiro atoms. The lowest BCUT2D eigenvalue weighted by Gasteiger charge is -2.14. The van der Waals surface area contributed by atoms with Gasteiger partial charge in [0.05, 0.1) is 18.4 Å². The number of hydrogen-bond acceptors (Lipinski definition) is 6. The quantitative estimate of drug-likeness (QED) is 0.526. The molecule has 0 saturated heterocycles. The highest BCUT2D eigenvalue weighted by Crippen LogP contribution is 2.18. The largest absolute Gasteiger partial charge is 0.496 e. The summed E-state index contributed by atoms with van der Waals surface area (Å²) >= 11 is 1.40. The molecule has 1 amide bonds. The van der Waals surface area contributed by atoms with E-state index in [0.29, 0.717) is 10.6 Å². The molecule has 0 saturated carbocycles. The van der Waals surface area contributed by atoms with E-state index < -0.39 is 18.0 Å². The third kappa shape index (κ3) is 6.21. The number of amides is 1. The molecule has 0 unspecified atom stereocenters. The molecule has 1 aromatic heterocycles. The predicted molar refractivity (Wildman–Crippen MR) is 103 cm³/mol. The van der Waals surface area contributed by atoms with Crippen molar-refractivity contribution in [3.05, 3.63) is 51.7 Å². The summed E-state index contributed by atoms with van der Waals surface area (Å²) in [6, 6.07) is 10.9. The van der Waals surface area contributed by atoms with Gasteiger partial charge in [0.25, 0.3) is 5.91 Å². The van der Waals surface area contributed by atoms with Gasteiger partial charge in [0.2, 0.25) is 0 Å². The van der Waals surface area contributed by atoms with Gasteiger partial charge in [-0.3, -0.25) is 14.4 Å². The first-order valence-electron chi connectivity index (χ1n) is 8.59. The Morgan fingerprint density at radius 1 is 1.11 bits per heavy atom. The Morgan fingerprint density at radius 3 is 2.52 bits per heavy atom. The fourth-order valence-electron chi connectivity index (χ4n) is 2.41. The fourth-order valence-corrected chi connectivity index (χ4v) is 3.24. The first-order chi connectivity index (χ1) is 12.9. The number of hydrogen-bond donors (Lipinski definition) is 1. The molecule has 0 aliphatic carbocycles. The number of esters is 1. The maximum atomic E-state index is 12.1. The van der Waals surface area contributed by atoms with Crippen LogP contribution in [0.5, 0.6) is 5.75 Å². The Balaban J connectivity index is 1.76. The minimum Gasteiger partial charge on any atom is -0.496 e. The van der Waals surface area contributed by atoms with Gasteiger partial charge in [-0.25, -0.2) is 0 Å². The second kappa shape index (κ2) is 9.87. The molecule has 1 heterocycles. The predicted octanol–water partition coefficient (Wildman–Crippen LogP) is 3.28. The van der Waals surface area contributed by atoms with E-state index in [1.165, 1.54) is 18.3 Å². The number of carbonyl (C=O) groups is 3. The lowest BCUT2D eigenvalue weighted by Crippen LogP contribution is -2.35. The van der Waals surface area contributed by atoms with Crippen molar-refractivity contribution in [3.8, 4) is 5.75 Å². The molecule has 1 aromatic carbocycles. The van der Waals surface area contributed by atoms with Crippen LogP contribution < -0.4 is 10.1 Å². The van der Waals surface area contributed by atoms with E-state index in [1.54, 1.807) is 19.2 Å². The van der Waals surface area contributed by atoms with Crippen LogP contribution in [0, 0.1) is 6.92 Å². The second-order valence-corrected chi connectivity index (χ2v) is 7.28. The van der Waals surface area contributed by atoms with Crippen LogP contribution in [0.2, 0.25) is 0 Å². The number of benzene rings is 1. The molecule has 27 heavy (non-hydrogen) atoms. The van der Waals surface area contributed by atoms with Gasteiger partial charge in [-0.15, -0.1) is 11.3 Å². The number of Topliss-reactive ketones (excluding diaryl/α,β-unsaturated/α-hetero) is 1. The average molecular weight is 389 g/mol. The van der Waals surface area contributed by atoms with Gasteiger partial charge in [-0.2, -0.15) is 0 Å². The van der Waals surface area contributed by atoms with Crippen molar-refractivity contribution in [2.24, 2.45) is 0 Å². The van der Waals surface area contributed by atoms with Crippen LogP contribution in [0.1, 0.15) is 39.9 Å². The van der Waals surface area contributed by atoms with Crippen LogP contribution in [0.25, 0.3) is 0 Å². The molecular weight excluding hydrogens is 366 g/mol. The van der Waals surface area contributed by atoms with Crippen molar-refractivity contribution < 1.29 is 23.9 Å². The van der Waals surface area contributed by atoms with Gasteiger partial charge in [-0.1, -0.05) is 18.2 Å². The summed E-state index contributed by atoms with van der Waals surface area (Å²) < 4.78 is 10.3. The maximum Gasteiger partial charge on any atom is 0.307 e. The molecule has 1 atom stereocenters. The molecule has 6 nitrogen and oxygen atoms in total. The van der Waals surface area contributed by atoms with Gasteiger partial charge in [0, 0.05) is 23.4 Å². The molecule has 144 valence electrons. The number of thiophene rings is 1. The average Bonchev–Trinajstić information content (AvgIpc) is 3.10. The van der Waals surface area contributed by atoms with Gasteiger partial charge in [0.1, 0.15) is 5.75 Å². The molecule has 0 radical (unpaired) electrons. The van der Waals surface area contributed by atoms with Crippen molar-refractivity contribution >= 4 is 29.0 Å². The zero-order chi connectivity index (χ0) is 19.8. The number of ketones is 1. The molecule has 0 bridgehead atoms. The fraction of sp³-hybridized carbons (Fsp3) is 0.350. The third-order valence-electron chi connectivity index (χ3n) is 3.89. The standard InChI is InChI=1S/C20H23NO5S/c1-13-8-10-18(27-13)16(22)9-11-19(23)26-14(2)20(24)21-12-15-6-4-5-7-17(15)25-3/h4-8,10,14H,9,11-12H2,1-3H3,(H,21,24)/t14-/m1/s1. The SMILES string of the molecule is COc1ccccc1CNC(=O)[C@@H](C)OC(=O)CCC(=O)c1ccc(C)s1. The summed E-state index contributed by atoms with van der Waals surface area (Å²) in [5.74, 6) is -0.408. The normalized spacial score (nSPS) is 11.5. The highest BCUT2D eigenvalue weighted by molar-refractivity contribution is 7.14. The number of nitrogens with one attached hydrogen (secondary N) is 1. The highest BCUT2D eigenvalue weighted by atomic mass is 32.1. The number of aryl methyl sites for hydroxylation is 1. The van der Waals surface area contributed by atoms with Gasteiger partial charge in [-0.05, 0) is 32.0 Å². The van der Waals surface area contributed by atoms with Crippen molar-refractivity contribution in [2.75, 3.05) is 7.11 Å². The Kier molecular flexibility index (Phi) is 7.55. The van der Waals surface area contributed by atoms with E-state index in [9.17, 15) is 14.4 Å². The first-order valence-corrected chi connectivity index (χ1v) is 9.41. The number of carbonyl (C=O) groups excluding carboxylic acids is 3. The minimum absolute atomic E-state index is 0.0556. The van der Waals surface area contributed by atoms with Crippen LogP contribution in [0.3, 0.4) is 0 Å². The van der Waals surface area contributed by atoms with Crippen LogP contribution in [0.4, 0.5) is 0 Å². The number of para-hydroxylation sites is 1. The van der Waals surface area contributed by atoms with Crippen molar-refractivity contribution in [2.45, 2.75) is 39.3 Å². The lowest BCUT2D eigenvalue weighted by atomic mass is 10.2. The Morgan fingerprint density at radius 2 is 1.85 bits per heavy atom. The lowest BCUT2D eigenvalue weighted by molar-refractivity contribution is -0.154. The molecule has 0 aliphatic rings. The summed E-state index contributed by atoms with van der Waals surface area (Å²) in [5.41, 5.74) is 0.823. The molecule has 2 aromatic rings. The zero-order valence-electron chi connectivity index (χ0n) is 15.6. The van der Waals surface area contributed by atoms with E-state index in [4.69, 9.17) is 9.47 Å². The monoisotopic (exact) mass is 389 g/mol. The summed E-state index contributed by atoms with van der Waals surface area (Å²) in [4.78, 5) is 37.7. The van der Waals surface area contributed by atoms with Crippen LogP contribution >= 0.6 is 11.3 Å². The molecule has 7 heteroatoms. The topological polar surface area (TPSA) is 81.7 Å². The van der Waals surface area contributed by atoms with Gasteiger partial charge in [0.15, 0.2) is 11.9 Å². The number of ether oxygens (including phenoxy) is 2. The van der Waals surface area contributed by atoms with Crippen LogP contribution in [-0.4, -0.2) is 30.9 Å². The summed E-state index contributed by atoms with van der Waals surface area (Å²) in [6.45, 7) is 3.68. The van der Waals surface area contributed by atoms with Gasteiger partial charge < -0.3 is 14.8 Å². The van der Waals surface area contributed by atoms with E-state index in [2.05, 4.69) is 5.32 Å².